The Hall–Kier alpha value is -2.42. The molecule has 1 aromatic heterocycles. The number of para-hydroxylation sites is 1. The highest BCUT2D eigenvalue weighted by atomic mass is 19.1. The van der Waals surface area contributed by atoms with Crippen LogP contribution in [0.1, 0.15) is 5.56 Å². The fourth-order valence-electron chi connectivity index (χ4n) is 2.24. The van der Waals surface area contributed by atoms with E-state index in [0.29, 0.717) is 0 Å². The summed E-state index contributed by atoms with van der Waals surface area (Å²) in [4.78, 5) is 4.34. The number of hydrogen-bond donors (Lipinski definition) is 1. The molecule has 100 valence electrons. The lowest BCUT2D eigenvalue weighted by Gasteiger charge is -2.09. The van der Waals surface area contributed by atoms with Crippen LogP contribution < -0.4 is 5.32 Å². The number of benzene rings is 2. The van der Waals surface area contributed by atoms with Crippen molar-refractivity contribution in [1.29, 1.82) is 0 Å². The first-order valence-electron chi connectivity index (χ1n) is 6.65. The number of nitrogens with zero attached hydrogens (tertiary/aromatic N) is 1. The lowest BCUT2D eigenvalue weighted by atomic mass is 10.1. The predicted octanol–water partition coefficient (Wildman–Crippen LogP) is 4.03. The van der Waals surface area contributed by atoms with Gasteiger partial charge in [-0.15, -0.1) is 0 Å². The monoisotopic (exact) mass is 266 g/mol. The maximum atomic E-state index is 12.8. The van der Waals surface area contributed by atoms with Crippen LogP contribution in [0.25, 0.3) is 10.9 Å². The standard InChI is InChI=1S/C17H15FN2/c18-14-7-5-13(6-8-14)9-11-19-17-10-12-20-16-4-2-1-3-15(16)17/h1-8,10,12H,9,11H2,(H,19,20). The summed E-state index contributed by atoms with van der Waals surface area (Å²) >= 11 is 0. The van der Waals surface area contributed by atoms with Gasteiger partial charge in [0.2, 0.25) is 0 Å². The van der Waals surface area contributed by atoms with Gasteiger partial charge >= 0.3 is 0 Å². The summed E-state index contributed by atoms with van der Waals surface area (Å²) in [6.07, 6.45) is 2.67. The van der Waals surface area contributed by atoms with Crippen molar-refractivity contribution in [2.24, 2.45) is 0 Å². The van der Waals surface area contributed by atoms with E-state index in [2.05, 4.69) is 16.4 Å². The van der Waals surface area contributed by atoms with E-state index in [1.807, 2.05) is 42.6 Å². The molecule has 20 heavy (non-hydrogen) atoms. The topological polar surface area (TPSA) is 24.9 Å². The molecular formula is C17H15FN2. The molecule has 0 amide bonds. The second kappa shape index (κ2) is 5.70. The molecule has 3 heteroatoms. The number of fused-ring (bicyclic) bond motifs is 1. The van der Waals surface area contributed by atoms with Gasteiger partial charge < -0.3 is 5.32 Å². The van der Waals surface area contributed by atoms with Crippen LogP contribution in [0.4, 0.5) is 10.1 Å². The van der Waals surface area contributed by atoms with Crippen molar-refractivity contribution < 1.29 is 4.39 Å². The number of hydrogen-bond acceptors (Lipinski definition) is 2. The molecule has 2 aromatic carbocycles. The van der Waals surface area contributed by atoms with Crippen molar-refractivity contribution >= 4 is 16.6 Å². The van der Waals surface area contributed by atoms with Gasteiger partial charge in [-0.05, 0) is 36.2 Å². The van der Waals surface area contributed by atoms with Gasteiger partial charge in [-0.1, -0.05) is 30.3 Å². The van der Waals surface area contributed by atoms with Gasteiger partial charge in [0.1, 0.15) is 5.82 Å². The van der Waals surface area contributed by atoms with Crippen LogP contribution in [0.15, 0.2) is 60.8 Å². The molecule has 2 nitrogen and oxygen atoms in total. The molecule has 0 saturated heterocycles. The Bertz CT molecular complexity index is 702. The smallest absolute Gasteiger partial charge is 0.123 e. The van der Waals surface area contributed by atoms with E-state index in [9.17, 15) is 4.39 Å². The van der Waals surface area contributed by atoms with Crippen LogP contribution in [0, 0.1) is 5.82 Å². The van der Waals surface area contributed by atoms with Crippen LogP contribution >= 0.6 is 0 Å². The average molecular weight is 266 g/mol. The number of anilines is 1. The number of aromatic nitrogens is 1. The summed E-state index contributed by atoms with van der Waals surface area (Å²) in [6, 6.07) is 16.7. The van der Waals surface area contributed by atoms with Crippen molar-refractivity contribution in [3.8, 4) is 0 Å². The Labute approximate surface area is 117 Å². The van der Waals surface area contributed by atoms with Gasteiger partial charge in [-0.2, -0.15) is 0 Å². The third kappa shape index (κ3) is 2.77. The van der Waals surface area contributed by atoms with E-state index in [-0.39, 0.29) is 5.82 Å². The first-order valence-corrected chi connectivity index (χ1v) is 6.65. The van der Waals surface area contributed by atoms with Crippen molar-refractivity contribution in [2.45, 2.75) is 6.42 Å². The molecular weight excluding hydrogens is 251 g/mol. The van der Waals surface area contributed by atoms with Crippen LogP contribution in [0.3, 0.4) is 0 Å². The second-order valence-corrected chi connectivity index (χ2v) is 4.68. The summed E-state index contributed by atoms with van der Waals surface area (Å²) in [5.74, 6) is -0.193. The van der Waals surface area contributed by atoms with Crippen LogP contribution in [0.2, 0.25) is 0 Å². The highest BCUT2D eigenvalue weighted by molar-refractivity contribution is 5.90. The molecule has 3 aromatic rings. The maximum absolute atomic E-state index is 12.8. The summed E-state index contributed by atoms with van der Waals surface area (Å²) in [6.45, 7) is 0.805. The fraction of sp³-hybridized carbons (Fsp3) is 0.118. The van der Waals surface area contributed by atoms with Gasteiger partial charge in [-0.3, -0.25) is 4.98 Å². The number of rotatable bonds is 4. The highest BCUT2D eigenvalue weighted by Gasteiger charge is 2.00. The molecule has 0 radical (unpaired) electrons. The van der Waals surface area contributed by atoms with Gasteiger partial charge in [0.25, 0.3) is 0 Å². The van der Waals surface area contributed by atoms with E-state index in [1.54, 1.807) is 0 Å². The van der Waals surface area contributed by atoms with Gasteiger partial charge in [0, 0.05) is 23.8 Å². The molecule has 0 fully saturated rings. The fourth-order valence-corrected chi connectivity index (χ4v) is 2.24. The zero-order valence-corrected chi connectivity index (χ0v) is 11.0. The molecule has 1 N–H and O–H groups in total. The minimum absolute atomic E-state index is 0.193. The van der Waals surface area contributed by atoms with Crippen molar-refractivity contribution in [3.05, 3.63) is 72.2 Å². The zero-order valence-electron chi connectivity index (χ0n) is 11.0. The highest BCUT2D eigenvalue weighted by Crippen LogP contribution is 2.20. The molecule has 0 aliphatic carbocycles. The lowest BCUT2D eigenvalue weighted by Crippen LogP contribution is -2.05. The first-order chi connectivity index (χ1) is 9.83. The minimum Gasteiger partial charge on any atom is -0.384 e. The Balaban J connectivity index is 1.69. The van der Waals surface area contributed by atoms with Gasteiger partial charge in [0.05, 0.1) is 5.52 Å². The van der Waals surface area contributed by atoms with Crippen molar-refractivity contribution in [3.63, 3.8) is 0 Å². The third-order valence-electron chi connectivity index (χ3n) is 3.29. The predicted molar refractivity (Wildman–Crippen MR) is 80.3 cm³/mol. The van der Waals surface area contributed by atoms with E-state index in [0.717, 1.165) is 35.1 Å². The van der Waals surface area contributed by atoms with Gasteiger partial charge in [-0.25, -0.2) is 4.39 Å². The molecule has 3 rings (SSSR count). The Morgan fingerprint density at radius 3 is 2.60 bits per heavy atom. The number of nitrogens with one attached hydrogen (secondary N) is 1. The van der Waals surface area contributed by atoms with Crippen molar-refractivity contribution in [1.82, 2.24) is 4.98 Å². The Morgan fingerprint density at radius 2 is 1.75 bits per heavy atom. The quantitative estimate of drug-likeness (QED) is 0.771. The second-order valence-electron chi connectivity index (χ2n) is 4.68. The Kier molecular flexibility index (Phi) is 3.59. The molecule has 0 atom stereocenters. The molecule has 0 unspecified atom stereocenters. The van der Waals surface area contributed by atoms with Crippen LogP contribution in [0.5, 0.6) is 0 Å². The molecule has 0 saturated carbocycles. The summed E-state index contributed by atoms with van der Waals surface area (Å²) in [5, 5.41) is 4.54. The summed E-state index contributed by atoms with van der Waals surface area (Å²) in [5.41, 5.74) is 3.19. The zero-order chi connectivity index (χ0) is 13.8. The SMILES string of the molecule is Fc1ccc(CCNc2ccnc3ccccc23)cc1. The molecule has 0 aliphatic heterocycles. The number of pyridine rings is 1. The third-order valence-corrected chi connectivity index (χ3v) is 3.29. The molecule has 0 aliphatic rings. The molecule has 0 spiro atoms. The van der Waals surface area contributed by atoms with E-state index in [1.165, 1.54) is 12.1 Å². The molecule has 0 bridgehead atoms. The largest absolute Gasteiger partial charge is 0.384 e. The lowest BCUT2D eigenvalue weighted by molar-refractivity contribution is 0.627. The molecule has 1 heterocycles. The van der Waals surface area contributed by atoms with Crippen molar-refractivity contribution in [2.75, 3.05) is 11.9 Å². The van der Waals surface area contributed by atoms with E-state index >= 15 is 0 Å². The van der Waals surface area contributed by atoms with Gasteiger partial charge in [0.15, 0.2) is 0 Å². The minimum atomic E-state index is -0.193. The maximum Gasteiger partial charge on any atom is 0.123 e. The Morgan fingerprint density at radius 1 is 0.950 bits per heavy atom. The summed E-state index contributed by atoms with van der Waals surface area (Å²) in [7, 11) is 0. The normalized spacial score (nSPS) is 10.7. The summed E-state index contributed by atoms with van der Waals surface area (Å²) < 4.78 is 12.8. The first kappa shape index (κ1) is 12.6. The number of halogens is 1. The average Bonchev–Trinajstić information content (AvgIpc) is 2.49. The van der Waals surface area contributed by atoms with Crippen LogP contribution in [-0.4, -0.2) is 11.5 Å². The van der Waals surface area contributed by atoms with E-state index < -0.39 is 0 Å². The van der Waals surface area contributed by atoms with Crippen LogP contribution in [-0.2, 0) is 6.42 Å². The van der Waals surface area contributed by atoms with E-state index in [4.69, 9.17) is 0 Å².